The monoisotopic (exact) mass is 352 g/mol. The van der Waals surface area contributed by atoms with Gasteiger partial charge in [-0.25, -0.2) is 4.79 Å². The molecule has 0 unspecified atom stereocenters. The summed E-state index contributed by atoms with van der Waals surface area (Å²) in [5.41, 5.74) is 2.38. The molecule has 3 rings (SSSR count). The van der Waals surface area contributed by atoms with Crippen molar-refractivity contribution in [3.8, 4) is 5.75 Å². The third kappa shape index (κ3) is 5.36. The molecule has 0 bridgehead atoms. The van der Waals surface area contributed by atoms with E-state index in [9.17, 15) is 4.79 Å². The van der Waals surface area contributed by atoms with Gasteiger partial charge in [0.1, 0.15) is 12.4 Å². The van der Waals surface area contributed by atoms with Gasteiger partial charge in [0, 0.05) is 32.7 Å². The molecule has 1 fully saturated rings. The zero-order valence-electron chi connectivity index (χ0n) is 14.8. The molecule has 26 heavy (non-hydrogen) atoms. The number of hydrogen-bond acceptors (Lipinski definition) is 3. The Kier molecular flexibility index (Phi) is 6.28. The lowest BCUT2D eigenvalue weighted by atomic mass is 10.1. The number of hydrogen-bond donors (Lipinski definition) is 1. The number of ether oxygens (including phenoxy) is 1. The smallest absolute Gasteiger partial charge is 0.407 e. The Bertz CT molecular complexity index is 721. The first-order valence-electron chi connectivity index (χ1n) is 8.84. The van der Waals surface area contributed by atoms with Crippen LogP contribution in [0.2, 0.25) is 0 Å². The molecule has 2 aromatic carbocycles. The Morgan fingerprint density at radius 2 is 1.69 bits per heavy atom. The summed E-state index contributed by atoms with van der Waals surface area (Å²) in [7, 11) is 0. The molecule has 1 saturated heterocycles. The first-order chi connectivity index (χ1) is 12.7. The largest absolute Gasteiger partial charge is 0.490 e. The maximum atomic E-state index is 10.9. The van der Waals surface area contributed by atoms with Crippen molar-refractivity contribution in [1.82, 2.24) is 9.80 Å². The van der Waals surface area contributed by atoms with Gasteiger partial charge in [0.15, 0.2) is 0 Å². The van der Waals surface area contributed by atoms with Crippen LogP contribution in [-0.4, -0.2) is 53.8 Å². The summed E-state index contributed by atoms with van der Waals surface area (Å²) < 4.78 is 5.64. The normalized spacial score (nSPS) is 15.3. The quantitative estimate of drug-likeness (QED) is 0.863. The lowest BCUT2D eigenvalue weighted by Gasteiger charge is -2.33. The highest BCUT2D eigenvalue weighted by Gasteiger charge is 2.19. The van der Waals surface area contributed by atoms with E-state index in [0.717, 1.165) is 30.9 Å². The summed E-state index contributed by atoms with van der Waals surface area (Å²) in [6, 6.07) is 18.2. The molecule has 1 aliphatic heterocycles. The Morgan fingerprint density at radius 3 is 2.35 bits per heavy atom. The summed E-state index contributed by atoms with van der Waals surface area (Å²) in [4.78, 5) is 14.7. The second-order valence-corrected chi connectivity index (χ2v) is 6.31. The number of piperazine rings is 1. The molecule has 1 amide bonds. The van der Waals surface area contributed by atoms with Gasteiger partial charge >= 0.3 is 6.09 Å². The van der Waals surface area contributed by atoms with Crippen LogP contribution < -0.4 is 4.74 Å². The Hall–Kier alpha value is -2.79. The third-order valence-electron chi connectivity index (χ3n) is 4.43. The number of rotatable bonds is 6. The van der Waals surface area contributed by atoms with E-state index in [4.69, 9.17) is 9.84 Å². The van der Waals surface area contributed by atoms with E-state index in [1.807, 2.05) is 36.4 Å². The Labute approximate surface area is 154 Å². The molecule has 5 nitrogen and oxygen atoms in total. The van der Waals surface area contributed by atoms with Gasteiger partial charge in [0.05, 0.1) is 0 Å². The first-order valence-corrected chi connectivity index (χ1v) is 8.84. The fourth-order valence-corrected chi connectivity index (χ4v) is 2.93. The lowest BCUT2D eigenvalue weighted by molar-refractivity contribution is 0.103. The average Bonchev–Trinajstić information content (AvgIpc) is 2.68. The van der Waals surface area contributed by atoms with Crippen LogP contribution in [0.1, 0.15) is 11.1 Å². The number of para-hydroxylation sites is 1. The molecule has 0 aromatic heterocycles. The third-order valence-corrected chi connectivity index (χ3v) is 4.43. The molecule has 0 radical (unpaired) electrons. The second-order valence-electron chi connectivity index (χ2n) is 6.31. The standard InChI is InChI=1S/C21H24N2O3/c24-21(25)23-14-12-22(13-15-23)17-19-10-8-18(9-11-19)5-4-16-26-20-6-2-1-3-7-20/h1-11H,12-17H2,(H,24,25). The summed E-state index contributed by atoms with van der Waals surface area (Å²) in [5.74, 6) is 0.871. The zero-order chi connectivity index (χ0) is 18.2. The van der Waals surface area contributed by atoms with Gasteiger partial charge in [-0.05, 0) is 29.3 Å². The Balaban J connectivity index is 1.43. The topological polar surface area (TPSA) is 53.0 Å². The second kappa shape index (κ2) is 9.06. The van der Waals surface area contributed by atoms with Gasteiger partial charge in [-0.2, -0.15) is 0 Å². The molecule has 5 heteroatoms. The van der Waals surface area contributed by atoms with Gasteiger partial charge in [-0.15, -0.1) is 0 Å². The van der Waals surface area contributed by atoms with Crippen LogP contribution in [0, 0.1) is 0 Å². The molecule has 1 aliphatic rings. The maximum absolute atomic E-state index is 10.9. The molecule has 1 heterocycles. The van der Waals surface area contributed by atoms with Gasteiger partial charge in [-0.1, -0.05) is 48.5 Å². The maximum Gasteiger partial charge on any atom is 0.407 e. The van der Waals surface area contributed by atoms with Crippen LogP contribution in [0.3, 0.4) is 0 Å². The minimum atomic E-state index is -0.822. The van der Waals surface area contributed by atoms with Crippen molar-refractivity contribution in [2.24, 2.45) is 0 Å². The number of nitrogens with zero attached hydrogens (tertiary/aromatic N) is 2. The van der Waals surface area contributed by atoms with Crippen LogP contribution >= 0.6 is 0 Å². The predicted molar refractivity (Wildman–Crippen MR) is 102 cm³/mol. The van der Waals surface area contributed by atoms with E-state index < -0.39 is 6.09 Å². The summed E-state index contributed by atoms with van der Waals surface area (Å²) in [5, 5.41) is 8.99. The number of benzene rings is 2. The van der Waals surface area contributed by atoms with Crippen molar-refractivity contribution < 1.29 is 14.6 Å². The van der Waals surface area contributed by atoms with Crippen LogP contribution in [0.5, 0.6) is 5.75 Å². The molecule has 0 aliphatic carbocycles. The van der Waals surface area contributed by atoms with Crippen molar-refractivity contribution in [2.45, 2.75) is 6.54 Å². The van der Waals surface area contributed by atoms with E-state index in [0.29, 0.717) is 19.7 Å². The lowest BCUT2D eigenvalue weighted by Crippen LogP contribution is -2.47. The van der Waals surface area contributed by atoms with Gasteiger partial charge < -0.3 is 14.7 Å². The number of amides is 1. The highest BCUT2D eigenvalue weighted by atomic mass is 16.5. The summed E-state index contributed by atoms with van der Waals surface area (Å²) >= 11 is 0. The summed E-state index contributed by atoms with van der Waals surface area (Å²) in [6.45, 7) is 4.12. The summed E-state index contributed by atoms with van der Waals surface area (Å²) in [6.07, 6.45) is 3.24. The van der Waals surface area contributed by atoms with Crippen molar-refractivity contribution in [2.75, 3.05) is 32.8 Å². The van der Waals surface area contributed by atoms with Crippen molar-refractivity contribution in [3.05, 3.63) is 71.8 Å². The number of carbonyl (C=O) groups is 1. The minimum Gasteiger partial charge on any atom is -0.490 e. The van der Waals surface area contributed by atoms with Gasteiger partial charge in [-0.3, -0.25) is 4.90 Å². The van der Waals surface area contributed by atoms with Crippen LogP contribution in [0.4, 0.5) is 4.79 Å². The minimum absolute atomic E-state index is 0.541. The SMILES string of the molecule is O=C(O)N1CCN(Cc2ccc(C=CCOc3ccccc3)cc2)CC1. The van der Waals surface area contributed by atoms with E-state index in [-0.39, 0.29) is 0 Å². The molecule has 2 aromatic rings. The Morgan fingerprint density at radius 1 is 1.00 bits per heavy atom. The van der Waals surface area contributed by atoms with Crippen molar-refractivity contribution in [3.63, 3.8) is 0 Å². The number of carboxylic acid groups (broad SMARTS) is 1. The van der Waals surface area contributed by atoms with Crippen molar-refractivity contribution in [1.29, 1.82) is 0 Å². The van der Waals surface area contributed by atoms with Gasteiger partial charge in [0.25, 0.3) is 0 Å². The highest BCUT2D eigenvalue weighted by molar-refractivity contribution is 5.65. The molecular formula is C21H24N2O3. The van der Waals surface area contributed by atoms with Crippen LogP contribution in [-0.2, 0) is 6.54 Å². The van der Waals surface area contributed by atoms with Crippen molar-refractivity contribution >= 4 is 12.2 Å². The zero-order valence-corrected chi connectivity index (χ0v) is 14.8. The molecule has 0 saturated carbocycles. The molecule has 136 valence electrons. The van der Waals surface area contributed by atoms with Crippen LogP contribution in [0.25, 0.3) is 6.08 Å². The van der Waals surface area contributed by atoms with E-state index in [1.165, 1.54) is 10.5 Å². The molecular weight excluding hydrogens is 328 g/mol. The fraction of sp³-hybridized carbons (Fsp3) is 0.286. The first kappa shape index (κ1) is 18.0. The van der Waals surface area contributed by atoms with E-state index >= 15 is 0 Å². The fourth-order valence-electron chi connectivity index (χ4n) is 2.93. The van der Waals surface area contributed by atoms with Gasteiger partial charge in [0.2, 0.25) is 0 Å². The van der Waals surface area contributed by atoms with E-state index in [1.54, 1.807) is 0 Å². The molecule has 1 N–H and O–H groups in total. The molecule has 0 spiro atoms. The average molecular weight is 352 g/mol. The predicted octanol–water partition coefficient (Wildman–Crippen LogP) is 3.57. The van der Waals surface area contributed by atoms with Crippen LogP contribution in [0.15, 0.2) is 60.7 Å². The van der Waals surface area contributed by atoms with E-state index in [2.05, 4.69) is 35.2 Å². The molecule has 0 atom stereocenters. The highest BCUT2D eigenvalue weighted by Crippen LogP contribution is 2.12.